The molecule has 0 bridgehead atoms. The Morgan fingerprint density at radius 1 is 0.500 bits per heavy atom. The van der Waals surface area contributed by atoms with E-state index in [1.165, 1.54) is 116 Å². The number of esters is 1. The Morgan fingerprint density at radius 3 is 1.43 bits per heavy atom. The van der Waals surface area contributed by atoms with Crippen molar-refractivity contribution in [3.63, 3.8) is 0 Å². The number of hydrogen-bond donors (Lipinski definition) is 2. The fourth-order valence-electron chi connectivity index (χ4n) is 8.42. The van der Waals surface area contributed by atoms with E-state index in [1.807, 2.05) is 33.3 Å². The lowest BCUT2D eigenvalue weighted by molar-refractivity contribution is -0.870. The van der Waals surface area contributed by atoms with Gasteiger partial charge >= 0.3 is 13.8 Å². The van der Waals surface area contributed by atoms with Crippen LogP contribution in [-0.2, 0) is 27.9 Å². The highest BCUT2D eigenvalue weighted by Gasteiger charge is 2.30. The summed E-state index contributed by atoms with van der Waals surface area (Å²) in [5.41, 5.74) is 0. The molecule has 0 rings (SSSR count). The highest BCUT2D eigenvalue weighted by atomic mass is 31.2. The molecule has 0 saturated heterocycles. The number of phosphoric ester groups is 1. The topological polar surface area (TPSA) is 111 Å². The number of hydrogen-bond acceptors (Lipinski definition) is 6. The number of carbonyl (C=O) groups is 2. The standard InChI is InChI=1S/C64H115N2O7P/c1-7-10-13-16-19-22-25-28-29-30-31-32-33-34-35-36-37-39-41-44-47-50-53-56-63(67)65-61(60-72-74(69,70)71-59-58-66(4,5)6)62(55-52-49-46-43-40-27-24-21-18-15-12-9-3)73-64(68)57-54-51-48-45-42-38-26-23-20-17-14-11-8-2/h11,14,17,19-20,22-23,26,28-29,31-32,52,55,61-62H,7-10,12-13,15-16,18,21,24-25,27,30,33-51,53-54,56-60H2,1-6H3,(H-,65,67,69,70)/p+1/b14-11+,20-17+,22-19-,26-23-,29-28-,32-31-,55-52-. The molecule has 74 heavy (non-hydrogen) atoms. The van der Waals surface area contributed by atoms with Crippen LogP contribution in [0.25, 0.3) is 0 Å². The van der Waals surface area contributed by atoms with E-state index >= 15 is 0 Å². The van der Waals surface area contributed by atoms with Crippen LogP contribution >= 0.6 is 7.82 Å². The normalized spacial score (nSPS) is 14.3. The number of ether oxygens (including phenoxy) is 1. The monoisotopic (exact) mass is 1060 g/mol. The summed E-state index contributed by atoms with van der Waals surface area (Å²) in [6.07, 6.45) is 70.1. The van der Waals surface area contributed by atoms with Gasteiger partial charge in [-0.05, 0) is 89.5 Å². The molecule has 0 fully saturated rings. The molecule has 0 aromatic rings. The van der Waals surface area contributed by atoms with Crippen LogP contribution in [0.4, 0.5) is 0 Å². The van der Waals surface area contributed by atoms with Gasteiger partial charge in [0.05, 0.1) is 33.8 Å². The summed E-state index contributed by atoms with van der Waals surface area (Å²) in [5.74, 6) is -0.535. The number of rotatable bonds is 54. The second-order valence-electron chi connectivity index (χ2n) is 21.6. The van der Waals surface area contributed by atoms with Crippen molar-refractivity contribution in [3.8, 4) is 0 Å². The average Bonchev–Trinajstić information content (AvgIpc) is 3.36. The highest BCUT2D eigenvalue weighted by molar-refractivity contribution is 7.47. The van der Waals surface area contributed by atoms with Gasteiger partial charge in [0, 0.05) is 12.8 Å². The van der Waals surface area contributed by atoms with Gasteiger partial charge in [-0.3, -0.25) is 18.6 Å². The molecule has 0 radical (unpaired) electrons. The van der Waals surface area contributed by atoms with Crippen molar-refractivity contribution in [2.24, 2.45) is 0 Å². The van der Waals surface area contributed by atoms with Crippen molar-refractivity contribution >= 4 is 19.7 Å². The molecule has 0 spiro atoms. The summed E-state index contributed by atoms with van der Waals surface area (Å²) >= 11 is 0. The number of carbonyl (C=O) groups excluding carboxylic acids is 2. The van der Waals surface area contributed by atoms with Crippen molar-refractivity contribution in [3.05, 3.63) is 85.1 Å². The number of phosphoric acid groups is 1. The van der Waals surface area contributed by atoms with E-state index in [-0.39, 0.29) is 31.5 Å². The molecule has 2 N–H and O–H groups in total. The number of nitrogens with zero attached hydrogens (tertiary/aromatic N) is 1. The fraction of sp³-hybridized carbons (Fsp3) is 0.750. The molecule has 3 atom stereocenters. The third-order valence-corrected chi connectivity index (χ3v) is 14.1. The van der Waals surface area contributed by atoms with Crippen molar-refractivity contribution in [1.82, 2.24) is 5.32 Å². The Hall–Kier alpha value is -2.81. The Balaban J connectivity index is 5.21. The second kappa shape index (κ2) is 53.6. The Bertz CT molecular complexity index is 1540. The molecular weight excluding hydrogens is 940 g/mol. The molecule has 0 aromatic heterocycles. The summed E-state index contributed by atoms with van der Waals surface area (Å²) in [4.78, 5) is 37.6. The van der Waals surface area contributed by atoms with Gasteiger partial charge in [0.25, 0.3) is 0 Å². The molecule has 0 aliphatic carbocycles. The Morgan fingerprint density at radius 2 is 0.919 bits per heavy atom. The molecule has 10 heteroatoms. The van der Waals surface area contributed by atoms with Crippen LogP contribution < -0.4 is 5.32 Å². The van der Waals surface area contributed by atoms with Crippen LogP contribution in [0, 0.1) is 0 Å². The van der Waals surface area contributed by atoms with Crippen LogP contribution in [0.2, 0.25) is 0 Å². The predicted octanol–water partition coefficient (Wildman–Crippen LogP) is 18.6. The van der Waals surface area contributed by atoms with Crippen LogP contribution in [0.3, 0.4) is 0 Å². The molecule has 0 heterocycles. The summed E-state index contributed by atoms with van der Waals surface area (Å²) in [5, 5.41) is 3.05. The van der Waals surface area contributed by atoms with Crippen LogP contribution in [0.1, 0.15) is 258 Å². The van der Waals surface area contributed by atoms with Gasteiger partial charge in [-0.1, -0.05) is 241 Å². The SMILES string of the molecule is CC/C=C/C=C/C=C\CCCCCCCC(=O)OC(/C=C\CCCCCCCCCCCC)C(COP(=O)(O)OCC[N+](C)(C)C)NC(=O)CCCCCCCCCCCC/C=C\C/C=C\C/C=C\CCCCC. The van der Waals surface area contributed by atoms with E-state index in [2.05, 4.69) is 99.0 Å². The maximum atomic E-state index is 13.5. The van der Waals surface area contributed by atoms with Crippen molar-refractivity contribution < 1.29 is 37.3 Å². The highest BCUT2D eigenvalue weighted by Crippen LogP contribution is 2.43. The van der Waals surface area contributed by atoms with Crippen molar-refractivity contribution in [2.45, 2.75) is 270 Å². The molecule has 0 aliphatic heterocycles. The maximum Gasteiger partial charge on any atom is 0.472 e. The molecule has 0 aliphatic rings. The molecule has 0 saturated carbocycles. The Kier molecular flexibility index (Phi) is 51.5. The molecule has 1 amide bonds. The second-order valence-corrected chi connectivity index (χ2v) is 23.0. The van der Waals surface area contributed by atoms with Gasteiger partial charge in [-0.15, -0.1) is 0 Å². The van der Waals surface area contributed by atoms with Crippen molar-refractivity contribution in [1.29, 1.82) is 0 Å². The maximum absolute atomic E-state index is 13.5. The van der Waals surface area contributed by atoms with Gasteiger partial charge in [-0.2, -0.15) is 0 Å². The number of nitrogens with one attached hydrogen (secondary N) is 1. The first-order chi connectivity index (χ1) is 35.9. The molecule has 3 unspecified atom stereocenters. The minimum Gasteiger partial charge on any atom is -0.456 e. The first-order valence-electron chi connectivity index (χ1n) is 30.4. The smallest absolute Gasteiger partial charge is 0.456 e. The summed E-state index contributed by atoms with van der Waals surface area (Å²) in [7, 11) is 1.47. The van der Waals surface area contributed by atoms with E-state index in [9.17, 15) is 19.0 Å². The molecule has 0 aromatic carbocycles. The summed E-state index contributed by atoms with van der Waals surface area (Å²) < 4.78 is 30.6. The minimum absolute atomic E-state index is 0.0325. The minimum atomic E-state index is -4.46. The quantitative estimate of drug-likeness (QED) is 0.0156. The number of unbranched alkanes of at least 4 members (excludes halogenated alkanes) is 28. The van der Waals surface area contributed by atoms with Crippen molar-refractivity contribution in [2.75, 3.05) is 40.9 Å². The molecule has 428 valence electrons. The summed E-state index contributed by atoms with van der Waals surface area (Å²) in [6, 6.07) is -0.862. The lowest BCUT2D eigenvalue weighted by Gasteiger charge is -2.27. The number of quaternary nitrogens is 1. The molecular formula is C64H116N2O7P+. The number of likely N-dealkylation sites (N-methyl/N-ethyl adjacent to an activating group) is 1. The fourth-order valence-corrected chi connectivity index (χ4v) is 9.15. The van der Waals surface area contributed by atoms with E-state index in [0.29, 0.717) is 23.9 Å². The lowest BCUT2D eigenvalue weighted by Crippen LogP contribution is -2.47. The van der Waals surface area contributed by atoms with Crippen LogP contribution in [0.15, 0.2) is 85.1 Å². The largest absolute Gasteiger partial charge is 0.472 e. The predicted molar refractivity (Wildman–Crippen MR) is 318 cm³/mol. The van der Waals surface area contributed by atoms with E-state index in [0.717, 1.165) is 103 Å². The number of amides is 1. The van der Waals surface area contributed by atoms with E-state index in [4.69, 9.17) is 13.8 Å². The van der Waals surface area contributed by atoms with E-state index in [1.54, 1.807) is 0 Å². The van der Waals surface area contributed by atoms with Gasteiger partial charge in [-0.25, -0.2) is 4.57 Å². The first-order valence-corrected chi connectivity index (χ1v) is 31.9. The zero-order chi connectivity index (χ0) is 54.3. The third kappa shape index (κ3) is 54.0. The van der Waals surface area contributed by atoms with Gasteiger partial charge in [0.15, 0.2) is 0 Å². The lowest BCUT2D eigenvalue weighted by atomic mass is 10.0. The first kappa shape index (κ1) is 71.2. The number of allylic oxidation sites excluding steroid dienone is 13. The van der Waals surface area contributed by atoms with Gasteiger partial charge in [0.1, 0.15) is 19.3 Å². The Labute approximate surface area is 456 Å². The van der Waals surface area contributed by atoms with Crippen LogP contribution in [0.5, 0.6) is 0 Å². The molecule has 9 nitrogen and oxygen atoms in total. The summed E-state index contributed by atoms with van der Waals surface area (Å²) in [6.45, 7) is 6.83. The van der Waals surface area contributed by atoms with Crippen LogP contribution in [-0.4, -0.2) is 74.3 Å². The average molecular weight is 1060 g/mol. The van der Waals surface area contributed by atoms with Gasteiger partial charge < -0.3 is 19.4 Å². The third-order valence-electron chi connectivity index (χ3n) is 13.1. The van der Waals surface area contributed by atoms with E-state index < -0.39 is 20.0 Å². The zero-order valence-electron chi connectivity index (χ0n) is 48.8. The van der Waals surface area contributed by atoms with Gasteiger partial charge in [0.2, 0.25) is 5.91 Å². The zero-order valence-corrected chi connectivity index (χ0v) is 49.7.